The molecule has 106 valence electrons. The van der Waals surface area contributed by atoms with E-state index in [1.54, 1.807) is 32.5 Å². The largest absolute Gasteiger partial charge is 0.409 e. The van der Waals surface area contributed by atoms with E-state index >= 15 is 0 Å². The summed E-state index contributed by atoms with van der Waals surface area (Å²) < 4.78 is 10.2. The van der Waals surface area contributed by atoms with Gasteiger partial charge in [0.1, 0.15) is 5.82 Å². The normalized spacial score (nSPS) is 11.6. The Kier molecular flexibility index (Phi) is 6.62. The van der Waals surface area contributed by atoms with Crippen LogP contribution in [0.3, 0.4) is 0 Å². The Balaban J connectivity index is 2.99. The highest BCUT2D eigenvalue weighted by Crippen LogP contribution is 2.16. The molecule has 1 aromatic rings. The highest BCUT2D eigenvalue weighted by Gasteiger charge is 2.14. The van der Waals surface area contributed by atoms with Gasteiger partial charge in [0.25, 0.3) is 0 Å². The predicted octanol–water partition coefficient (Wildman–Crippen LogP) is 0.275. The summed E-state index contributed by atoms with van der Waals surface area (Å²) in [6.45, 7) is 2.39. The van der Waals surface area contributed by atoms with Crippen LogP contribution in [0.1, 0.15) is 5.56 Å². The third-order valence-electron chi connectivity index (χ3n) is 2.60. The van der Waals surface area contributed by atoms with Crippen molar-refractivity contribution in [2.75, 3.05) is 45.4 Å². The Morgan fingerprint density at radius 2 is 2.00 bits per heavy atom. The molecule has 0 aromatic carbocycles. The van der Waals surface area contributed by atoms with Gasteiger partial charge >= 0.3 is 0 Å². The minimum absolute atomic E-state index is 0.0305. The van der Waals surface area contributed by atoms with Gasteiger partial charge in [-0.05, 0) is 12.1 Å². The third-order valence-corrected chi connectivity index (χ3v) is 2.60. The maximum absolute atomic E-state index is 8.81. The number of anilines is 1. The molecule has 19 heavy (non-hydrogen) atoms. The minimum Gasteiger partial charge on any atom is -0.409 e. The molecule has 0 aliphatic carbocycles. The van der Waals surface area contributed by atoms with Crippen LogP contribution in [0.15, 0.2) is 23.5 Å². The number of nitrogens with two attached hydrogens (primary N) is 1. The van der Waals surface area contributed by atoms with Crippen LogP contribution in [0.2, 0.25) is 0 Å². The molecule has 1 heterocycles. The number of aromatic nitrogens is 1. The monoisotopic (exact) mass is 268 g/mol. The van der Waals surface area contributed by atoms with Crippen molar-refractivity contribution in [2.24, 2.45) is 10.9 Å². The zero-order chi connectivity index (χ0) is 14.1. The number of hydrogen-bond donors (Lipinski definition) is 2. The van der Waals surface area contributed by atoms with Crippen LogP contribution in [-0.2, 0) is 9.47 Å². The summed E-state index contributed by atoms with van der Waals surface area (Å²) in [4.78, 5) is 6.27. The molecule has 0 fully saturated rings. The van der Waals surface area contributed by atoms with E-state index in [9.17, 15) is 0 Å². The Labute approximate surface area is 112 Å². The van der Waals surface area contributed by atoms with Crippen LogP contribution in [0.5, 0.6) is 0 Å². The molecule has 0 aliphatic heterocycles. The van der Waals surface area contributed by atoms with E-state index in [0.717, 1.165) is 0 Å². The number of methoxy groups -OCH3 is 2. The molecule has 3 N–H and O–H groups in total. The minimum atomic E-state index is 0.0305. The van der Waals surface area contributed by atoms with Crippen LogP contribution in [-0.4, -0.2) is 56.5 Å². The van der Waals surface area contributed by atoms with Crippen molar-refractivity contribution in [3.05, 3.63) is 23.9 Å². The summed E-state index contributed by atoms with van der Waals surface area (Å²) in [5, 5.41) is 11.8. The van der Waals surface area contributed by atoms with E-state index in [0.29, 0.717) is 37.7 Å². The quantitative estimate of drug-likeness (QED) is 0.304. The molecule has 7 heteroatoms. The van der Waals surface area contributed by atoms with Crippen molar-refractivity contribution >= 4 is 11.7 Å². The topological polar surface area (TPSA) is 93.2 Å². The van der Waals surface area contributed by atoms with Crippen molar-refractivity contribution in [3.63, 3.8) is 0 Å². The van der Waals surface area contributed by atoms with Gasteiger partial charge in [-0.1, -0.05) is 5.16 Å². The maximum Gasteiger partial charge on any atom is 0.173 e. The molecule has 0 atom stereocenters. The predicted molar refractivity (Wildman–Crippen MR) is 72.7 cm³/mol. The van der Waals surface area contributed by atoms with Crippen LogP contribution in [0, 0.1) is 0 Å². The van der Waals surface area contributed by atoms with E-state index in [2.05, 4.69) is 10.1 Å². The number of nitrogens with zero attached hydrogens (tertiary/aromatic N) is 3. The number of ether oxygens (including phenoxy) is 2. The number of oxime groups is 1. The van der Waals surface area contributed by atoms with Gasteiger partial charge in [0, 0.05) is 33.5 Å². The summed E-state index contributed by atoms with van der Waals surface area (Å²) in [6.07, 6.45) is 1.66. The van der Waals surface area contributed by atoms with Crippen LogP contribution < -0.4 is 10.6 Å². The number of pyridine rings is 1. The SMILES string of the molecule is COCCN(CCOC)c1ncccc1C(N)=NO. The molecule has 7 nitrogen and oxygen atoms in total. The zero-order valence-electron chi connectivity index (χ0n) is 11.2. The first-order valence-corrected chi connectivity index (χ1v) is 5.90. The van der Waals surface area contributed by atoms with Gasteiger partial charge < -0.3 is 25.3 Å². The average molecular weight is 268 g/mol. The summed E-state index contributed by atoms with van der Waals surface area (Å²) in [5.74, 6) is 0.676. The fourth-order valence-corrected chi connectivity index (χ4v) is 1.63. The van der Waals surface area contributed by atoms with E-state index < -0.39 is 0 Å². The Bertz CT molecular complexity index is 404. The number of hydrogen-bond acceptors (Lipinski definition) is 6. The first-order chi connectivity index (χ1) is 9.24. The molecule has 0 spiro atoms. The van der Waals surface area contributed by atoms with Gasteiger partial charge in [0.05, 0.1) is 18.8 Å². The lowest BCUT2D eigenvalue weighted by Crippen LogP contribution is -2.33. The van der Waals surface area contributed by atoms with E-state index in [4.69, 9.17) is 20.4 Å². The Morgan fingerprint density at radius 1 is 1.37 bits per heavy atom. The lowest BCUT2D eigenvalue weighted by atomic mass is 10.2. The molecule has 0 unspecified atom stereocenters. The van der Waals surface area contributed by atoms with Gasteiger partial charge in [-0.25, -0.2) is 4.98 Å². The van der Waals surface area contributed by atoms with E-state index in [-0.39, 0.29) is 5.84 Å². The Morgan fingerprint density at radius 3 is 2.53 bits per heavy atom. The van der Waals surface area contributed by atoms with Gasteiger partial charge in [-0.15, -0.1) is 0 Å². The smallest absolute Gasteiger partial charge is 0.173 e. The van der Waals surface area contributed by atoms with Crippen molar-refractivity contribution in [3.8, 4) is 0 Å². The van der Waals surface area contributed by atoms with Crippen LogP contribution in [0.4, 0.5) is 5.82 Å². The Hall–Kier alpha value is -1.86. The number of amidine groups is 1. The van der Waals surface area contributed by atoms with E-state index in [1.807, 2.05) is 4.90 Å². The lowest BCUT2D eigenvalue weighted by molar-refractivity contribution is 0.190. The van der Waals surface area contributed by atoms with Crippen molar-refractivity contribution < 1.29 is 14.7 Å². The van der Waals surface area contributed by atoms with Gasteiger partial charge in [0.15, 0.2) is 5.84 Å². The van der Waals surface area contributed by atoms with Crippen molar-refractivity contribution in [1.82, 2.24) is 4.98 Å². The molecule has 0 saturated carbocycles. The summed E-state index contributed by atoms with van der Waals surface area (Å²) in [6, 6.07) is 3.49. The fourth-order valence-electron chi connectivity index (χ4n) is 1.63. The highest BCUT2D eigenvalue weighted by atomic mass is 16.5. The molecule has 0 radical (unpaired) electrons. The summed E-state index contributed by atoms with van der Waals surface area (Å²) in [7, 11) is 3.27. The second-order valence-electron chi connectivity index (χ2n) is 3.83. The van der Waals surface area contributed by atoms with Gasteiger partial charge in [0.2, 0.25) is 0 Å². The van der Waals surface area contributed by atoms with Crippen LogP contribution in [0.25, 0.3) is 0 Å². The van der Waals surface area contributed by atoms with Gasteiger partial charge in [-0.2, -0.15) is 0 Å². The standard InChI is InChI=1S/C12H20N4O3/c1-18-8-6-16(7-9-19-2)12-10(11(13)15-17)4-3-5-14-12/h3-5,17H,6-9H2,1-2H3,(H2,13,15). The molecular weight excluding hydrogens is 248 g/mol. The summed E-state index contributed by atoms with van der Waals surface area (Å²) in [5.41, 5.74) is 6.24. The van der Waals surface area contributed by atoms with E-state index in [1.165, 1.54) is 0 Å². The first kappa shape index (κ1) is 15.2. The molecular formula is C12H20N4O3. The van der Waals surface area contributed by atoms with Crippen molar-refractivity contribution in [2.45, 2.75) is 0 Å². The zero-order valence-corrected chi connectivity index (χ0v) is 11.2. The molecule has 0 saturated heterocycles. The molecule has 0 aliphatic rings. The molecule has 1 rings (SSSR count). The van der Waals surface area contributed by atoms with Gasteiger partial charge in [-0.3, -0.25) is 0 Å². The fraction of sp³-hybridized carbons (Fsp3) is 0.500. The van der Waals surface area contributed by atoms with Crippen molar-refractivity contribution in [1.29, 1.82) is 0 Å². The average Bonchev–Trinajstić information content (AvgIpc) is 2.47. The summed E-state index contributed by atoms with van der Waals surface area (Å²) >= 11 is 0. The van der Waals surface area contributed by atoms with Crippen LogP contribution >= 0.6 is 0 Å². The number of rotatable bonds is 8. The third kappa shape index (κ3) is 4.38. The molecule has 0 bridgehead atoms. The second kappa shape index (κ2) is 8.28. The molecule has 1 aromatic heterocycles. The lowest BCUT2D eigenvalue weighted by Gasteiger charge is -2.24. The maximum atomic E-state index is 8.81. The first-order valence-electron chi connectivity index (χ1n) is 5.90. The molecule has 0 amide bonds. The highest BCUT2D eigenvalue weighted by molar-refractivity contribution is 6.01. The second-order valence-corrected chi connectivity index (χ2v) is 3.83.